The summed E-state index contributed by atoms with van der Waals surface area (Å²) in [6, 6.07) is 5.51. The van der Waals surface area contributed by atoms with Gasteiger partial charge < -0.3 is 19.9 Å². The Bertz CT molecular complexity index is 600. The molecule has 106 valence electrons. The summed E-state index contributed by atoms with van der Waals surface area (Å²) in [7, 11) is 0. The molecule has 6 heteroatoms. The molecule has 0 saturated heterocycles. The second kappa shape index (κ2) is 5.78. The second-order valence-electron chi connectivity index (χ2n) is 4.60. The average molecular weight is 292 g/mol. The number of aliphatic hydroxyl groups excluding tert-OH is 1. The van der Waals surface area contributed by atoms with E-state index >= 15 is 0 Å². The largest absolute Gasteiger partial charge is 0.454 e. The third-order valence-corrected chi connectivity index (χ3v) is 4.00. The molecular weight excluding hydrogens is 276 g/mol. The monoisotopic (exact) mass is 292 g/mol. The number of fused-ring (bicyclic) bond motifs is 1. The van der Waals surface area contributed by atoms with E-state index in [1.807, 2.05) is 31.3 Å². The smallest absolute Gasteiger partial charge is 0.231 e. The standard InChI is InChI=1S/C14H16N2O3S/c1-9-16-6-11(20-9)5-15-7-12(17)10-2-3-13-14(4-10)19-8-18-13/h2-4,6,12,15,17H,5,7-8H2,1H3. The van der Waals surface area contributed by atoms with E-state index in [-0.39, 0.29) is 6.79 Å². The minimum absolute atomic E-state index is 0.248. The molecule has 3 rings (SSSR count). The van der Waals surface area contributed by atoms with Crippen LogP contribution < -0.4 is 14.8 Å². The van der Waals surface area contributed by atoms with Gasteiger partial charge in [0.2, 0.25) is 6.79 Å². The van der Waals surface area contributed by atoms with Gasteiger partial charge in [-0.25, -0.2) is 4.98 Å². The zero-order chi connectivity index (χ0) is 13.9. The second-order valence-corrected chi connectivity index (χ2v) is 5.92. The van der Waals surface area contributed by atoms with Crippen LogP contribution in [0.15, 0.2) is 24.4 Å². The lowest BCUT2D eigenvalue weighted by molar-refractivity contribution is 0.170. The molecule has 1 aromatic carbocycles. The fourth-order valence-corrected chi connectivity index (χ4v) is 2.82. The van der Waals surface area contributed by atoms with E-state index in [0.29, 0.717) is 18.8 Å². The highest BCUT2D eigenvalue weighted by molar-refractivity contribution is 7.11. The van der Waals surface area contributed by atoms with Gasteiger partial charge in [0.15, 0.2) is 11.5 Å². The third-order valence-electron chi connectivity index (χ3n) is 3.09. The number of hydrogen-bond donors (Lipinski definition) is 2. The number of aryl methyl sites for hydroxylation is 1. The molecule has 2 heterocycles. The summed E-state index contributed by atoms with van der Waals surface area (Å²) in [6.07, 6.45) is 1.29. The lowest BCUT2D eigenvalue weighted by Gasteiger charge is -2.12. The van der Waals surface area contributed by atoms with Crippen LogP contribution in [0.1, 0.15) is 21.6 Å². The van der Waals surface area contributed by atoms with Gasteiger partial charge in [-0.3, -0.25) is 0 Å². The topological polar surface area (TPSA) is 63.6 Å². The molecule has 20 heavy (non-hydrogen) atoms. The summed E-state index contributed by atoms with van der Waals surface area (Å²) in [4.78, 5) is 5.36. The number of aromatic nitrogens is 1. The molecule has 1 atom stereocenters. The first kappa shape index (κ1) is 13.4. The molecule has 0 bridgehead atoms. The van der Waals surface area contributed by atoms with Crippen LogP contribution in [-0.2, 0) is 6.54 Å². The van der Waals surface area contributed by atoms with Crippen LogP contribution in [0.5, 0.6) is 11.5 Å². The van der Waals surface area contributed by atoms with Crippen molar-refractivity contribution in [2.45, 2.75) is 19.6 Å². The molecule has 0 saturated carbocycles. The van der Waals surface area contributed by atoms with Crippen molar-refractivity contribution in [3.05, 3.63) is 39.8 Å². The van der Waals surface area contributed by atoms with E-state index in [9.17, 15) is 5.11 Å². The van der Waals surface area contributed by atoms with Gasteiger partial charge in [-0.05, 0) is 24.6 Å². The predicted molar refractivity (Wildman–Crippen MR) is 76.1 cm³/mol. The van der Waals surface area contributed by atoms with Crippen molar-refractivity contribution in [3.8, 4) is 11.5 Å². The number of hydrogen-bond acceptors (Lipinski definition) is 6. The highest BCUT2D eigenvalue weighted by atomic mass is 32.1. The van der Waals surface area contributed by atoms with Crippen molar-refractivity contribution in [2.75, 3.05) is 13.3 Å². The molecule has 1 unspecified atom stereocenters. The molecule has 0 fully saturated rings. The Morgan fingerprint density at radius 3 is 3.05 bits per heavy atom. The number of benzene rings is 1. The van der Waals surface area contributed by atoms with E-state index in [1.165, 1.54) is 4.88 Å². The fraction of sp³-hybridized carbons (Fsp3) is 0.357. The number of thiazole rings is 1. The fourth-order valence-electron chi connectivity index (χ4n) is 2.06. The Labute approximate surface area is 121 Å². The van der Waals surface area contributed by atoms with Crippen molar-refractivity contribution in [3.63, 3.8) is 0 Å². The molecule has 5 nitrogen and oxygen atoms in total. The van der Waals surface area contributed by atoms with Crippen LogP contribution in [0, 0.1) is 6.92 Å². The maximum atomic E-state index is 10.2. The molecule has 2 N–H and O–H groups in total. The highest BCUT2D eigenvalue weighted by Crippen LogP contribution is 2.34. The van der Waals surface area contributed by atoms with Crippen molar-refractivity contribution < 1.29 is 14.6 Å². The summed E-state index contributed by atoms with van der Waals surface area (Å²) in [5.74, 6) is 1.42. The molecule has 1 aliphatic rings. The Morgan fingerprint density at radius 1 is 1.40 bits per heavy atom. The zero-order valence-corrected chi connectivity index (χ0v) is 11.9. The maximum absolute atomic E-state index is 10.2. The molecule has 2 aromatic rings. The third kappa shape index (κ3) is 2.92. The SMILES string of the molecule is Cc1ncc(CNCC(O)c2ccc3c(c2)OCO3)s1. The minimum atomic E-state index is -0.571. The van der Waals surface area contributed by atoms with Crippen molar-refractivity contribution >= 4 is 11.3 Å². The lowest BCUT2D eigenvalue weighted by Crippen LogP contribution is -2.20. The first-order chi connectivity index (χ1) is 9.72. The minimum Gasteiger partial charge on any atom is -0.454 e. The maximum Gasteiger partial charge on any atom is 0.231 e. The normalized spacial score (nSPS) is 14.5. The van der Waals surface area contributed by atoms with Gasteiger partial charge in [0.1, 0.15) is 0 Å². The van der Waals surface area contributed by atoms with Crippen LogP contribution in [0.4, 0.5) is 0 Å². The molecule has 0 radical (unpaired) electrons. The quantitative estimate of drug-likeness (QED) is 0.882. The summed E-state index contributed by atoms with van der Waals surface area (Å²) in [5, 5.41) is 14.4. The molecular formula is C14H16N2O3S. The van der Waals surface area contributed by atoms with Gasteiger partial charge in [0, 0.05) is 24.2 Å². The molecule has 0 spiro atoms. The summed E-state index contributed by atoms with van der Waals surface area (Å²) >= 11 is 1.66. The van der Waals surface area contributed by atoms with Crippen LogP contribution in [0.3, 0.4) is 0 Å². The number of rotatable bonds is 5. The molecule has 1 aliphatic heterocycles. The van der Waals surface area contributed by atoms with E-state index in [2.05, 4.69) is 10.3 Å². The zero-order valence-electron chi connectivity index (χ0n) is 11.1. The van der Waals surface area contributed by atoms with Gasteiger partial charge in [-0.15, -0.1) is 11.3 Å². The number of aliphatic hydroxyl groups is 1. The van der Waals surface area contributed by atoms with Crippen LogP contribution >= 0.6 is 11.3 Å². The first-order valence-electron chi connectivity index (χ1n) is 6.42. The molecule has 0 aliphatic carbocycles. The Kier molecular flexibility index (Phi) is 3.86. The van der Waals surface area contributed by atoms with Gasteiger partial charge in [0.25, 0.3) is 0 Å². The van der Waals surface area contributed by atoms with Gasteiger partial charge in [-0.2, -0.15) is 0 Å². The summed E-state index contributed by atoms with van der Waals surface area (Å²) < 4.78 is 10.6. The van der Waals surface area contributed by atoms with Crippen molar-refractivity contribution in [2.24, 2.45) is 0 Å². The van der Waals surface area contributed by atoms with Gasteiger partial charge >= 0.3 is 0 Å². The number of ether oxygens (including phenoxy) is 2. The Hall–Kier alpha value is -1.63. The van der Waals surface area contributed by atoms with Gasteiger partial charge in [-0.1, -0.05) is 6.07 Å². The predicted octanol–water partition coefficient (Wildman–Crippen LogP) is 2.00. The van der Waals surface area contributed by atoms with Crippen LogP contribution in [-0.4, -0.2) is 23.4 Å². The Balaban J connectivity index is 1.55. The molecule has 1 aromatic heterocycles. The van der Waals surface area contributed by atoms with Crippen molar-refractivity contribution in [1.29, 1.82) is 0 Å². The van der Waals surface area contributed by atoms with Crippen molar-refractivity contribution in [1.82, 2.24) is 10.3 Å². The van der Waals surface area contributed by atoms with E-state index in [1.54, 1.807) is 11.3 Å². The first-order valence-corrected chi connectivity index (χ1v) is 7.23. The van der Waals surface area contributed by atoms with E-state index in [0.717, 1.165) is 16.3 Å². The highest BCUT2D eigenvalue weighted by Gasteiger charge is 2.16. The Morgan fingerprint density at radius 2 is 2.25 bits per heavy atom. The number of nitrogens with zero attached hydrogens (tertiary/aromatic N) is 1. The van der Waals surface area contributed by atoms with E-state index < -0.39 is 6.10 Å². The number of nitrogens with one attached hydrogen (secondary N) is 1. The summed E-state index contributed by atoms with van der Waals surface area (Å²) in [6.45, 7) is 3.43. The molecule has 0 amide bonds. The average Bonchev–Trinajstić information content (AvgIpc) is 3.06. The van der Waals surface area contributed by atoms with Gasteiger partial charge in [0.05, 0.1) is 11.1 Å². The van der Waals surface area contributed by atoms with Crippen LogP contribution in [0.2, 0.25) is 0 Å². The van der Waals surface area contributed by atoms with Crippen LogP contribution in [0.25, 0.3) is 0 Å². The van der Waals surface area contributed by atoms with E-state index in [4.69, 9.17) is 9.47 Å². The lowest BCUT2D eigenvalue weighted by atomic mass is 10.1. The summed E-state index contributed by atoms with van der Waals surface area (Å²) in [5.41, 5.74) is 0.822.